The largest absolute Gasteiger partial charge is 0.311 e. The van der Waals surface area contributed by atoms with Crippen LogP contribution in [0.5, 0.6) is 0 Å². The number of fused-ring (bicyclic) bond motifs is 1. The molecule has 2 heteroatoms. The highest BCUT2D eigenvalue weighted by molar-refractivity contribution is 5.99. The van der Waals surface area contributed by atoms with Crippen LogP contribution in [0.4, 0.5) is 17.1 Å². The van der Waals surface area contributed by atoms with Crippen LogP contribution in [0.15, 0.2) is 201 Å². The Morgan fingerprint density at radius 2 is 0.922 bits per heavy atom. The Morgan fingerprint density at radius 1 is 0.490 bits per heavy atom. The van der Waals surface area contributed by atoms with Gasteiger partial charge in [0.1, 0.15) is 0 Å². The minimum atomic E-state index is 1.08. The number of nitrogens with zero attached hydrogens (tertiary/aromatic N) is 2. The number of allylic oxidation sites excluding steroid dienone is 1. The normalized spacial score (nSPS) is 11.4. The molecule has 0 unspecified atom stereocenters. The molecule has 0 radical (unpaired) electrons. The third-order valence-electron chi connectivity index (χ3n) is 9.58. The van der Waals surface area contributed by atoms with Gasteiger partial charge in [-0.2, -0.15) is 0 Å². The van der Waals surface area contributed by atoms with Crippen LogP contribution in [-0.4, -0.2) is 4.57 Å². The molecule has 1 aromatic heterocycles. The van der Waals surface area contributed by atoms with E-state index in [9.17, 15) is 0 Å². The highest BCUT2D eigenvalue weighted by Gasteiger charge is 2.21. The Morgan fingerprint density at radius 3 is 1.41 bits per heavy atom. The van der Waals surface area contributed by atoms with Crippen LogP contribution in [0, 0.1) is 0 Å². The van der Waals surface area contributed by atoms with Crippen LogP contribution in [0.25, 0.3) is 50.5 Å². The molecule has 1 heterocycles. The third-order valence-corrected chi connectivity index (χ3v) is 9.58. The van der Waals surface area contributed by atoms with E-state index in [0.29, 0.717) is 0 Å². The van der Waals surface area contributed by atoms with Crippen LogP contribution >= 0.6 is 0 Å². The van der Waals surface area contributed by atoms with Crippen molar-refractivity contribution in [3.05, 3.63) is 218 Å². The van der Waals surface area contributed by atoms with Gasteiger partial charge in [-0.1, -0.05) is 152 Å². The lowest BCUT2D eigenvalue weighted by Crippen LogP contribution is -2.10. The Bertz CT molecular complexity index is 2350. The van der Waals surface area contributed by atoms with E-state index in [4.69, 9.17) is 0 Å². The van der Waals surface area contributed by atoms with Gasteiger partial charge in [-0.25, -0.2) is 0 Å². The maximum absolute atomic E-state index is 4.27. The fourth-order valence-corrected chi connectivity index (χ4v) is 7.13. The molecule has 0 bridgehead atoms. The van der Waals surface area contributed by atoms with Crippen molar-refractivity contribution >= 4 is 39.6 Å². The van der Waals surface area contributed by atoms with Crippen molar-refractivity contribution in [3.63, 3.8) is 0 Å². The van der Waals surface area contributed by atoms with E-state index in [1.54, 1.807) is 0 Å². The van der Waals surface area contributed by atoms with Gasteiger partial charge in [-0.05, 0) is 89.3 Å². The first-order chi connectivity index (χ1) is 25.2. The summed E-state index contributed by atoms with van der Waals surface area (Å²) in [5, 5.41) is 1.19. The van der Waals surface area contributed by atoms with Crippen molar-refractivity contribution in [2.75, 3.05) is 4.90 Å². The second kappa shape index (κ2) is 14.1. The Balaban J connectivity index is 1.22. The number of hydrogen-bond acceptors (Lipinski definition) is 1. The van der Waals surface area contributed by atoms with E-state index in [0.717, 1.165) is 50.7 Å². The van der Waals surface area contributed by atoms with Gasteiger partial charge >= 0.3 is 0 Å². The van der Waals surface area contributed by atoms with Gasteiger partial charge in [0.05, 0.1) is 11.2 Å². The number of anilines is 3. The van der Waals surface area contributed by atoms with Crippen LogP contribution < -0.4 is 4.90 Å². The molecule has 0 N–H and O–H groups in total. The van der Waals surface area contributed by atoms with E-state index in [-0.39, 0.29) is 0 Å². The molecule has 0 saturated heterocycles. The molecular formula is C49H38N2. The van der Waals surface area contributed by atoms with Crippen molar-refractivity contribution in [1.82, 2.24) is 4.57 Å². The van der Waals surface area contributed by atoms with Crippen molar-refractivity contribution in [2.24, 2.45) is 0 Å². The van der Waals surface area contributed by atoms with Crippen molar-refractivity contribution in [2.45, 2.75) is 6.92 Å². The first kappa shape index (κ1) is 31.6. The molecule has 0 fully saturated rings. The first-order valence-electron chi connectivity index (χ1n) is 17.4. The zero-order valence-corrected chi connectivity index (χ0v) is 28.7. The molecule has 7 aromatic carbocycles. The van der Waals surface area contributed by atoms with Crippen molar-refractivity contribution in [3.8, 4) is 27.9 Å². The molecule has 0 spiro atoms. The lowest BCUT2D eigenvalue weighted by Gasteiger charge is -2.26. The Labute approximate surface area is 300 Å². The molecule has 0 saturated carbocycles. The number of aromatic nitrogens is 1. The SMILES string of the molecule is C=Cc1c(/C(=C\C)c2ccc(N(c3ccc(-c4ccccc4)cc3)c3ccc(-c4ccccc4)cc3)cc2)n(-c2ccccc2)c2ccccc12. The molecule has 0 aliphatic rings. The fourth-order valence-electron chi connectivity index (χ4n) is 7.13. The molecule has 244 valence electrons. The van der Waals surface area contributed by atoms with E-state index >= 15 is 0 Å². The van der Waals surface area contributed by atoms with Gasteiger partial charge in [0, 0.05) is 39.3 Å². The summed E-state index contributed by atoms with van der Waals surface area (Å²) in [4.78, 5) is 2.33. The predicted molar refractivity (Wildman–Crippen MR) is 218 cm³/mol. The second-order valence-electron chi connectivity index (χ2n) is 12.6. The molecule has 0 amide bonds. The van der Waals surface area contributed by atoms with Crippen LogP contribution in [0.1, 0.15) is 23.7 Å². The summed E-state index contributed by atoms with van der Waals surface area (Å²) in [6, 6.07) is 66.9. The lowest BCUT2D eigenvalue weighted by atomic mass is 9.97. The van der Waals surface area contributed by atoms with Crippen LogP contribution in [-0.2, 0) is 0 Å². The van der Waals surface area contributed by atoms with E-state index in [1.165, 1.54) is 27.6 Å². The topological polar surface area (TPSA) is 8.17 Å². The molecule has 0 aliphatic heterocycles. The average molecular weight is 655 g/mol. The molecule has 2 nitrogen and oxygen atoms in total. The molecule has 8 rings (SSSR count). The lowest BCUT2D eigenvalue weighted by molar-refractivity contribution is 1.09. The predicted octanol–water partition coefficient (Wildman–Crippen LogP) is 13.5. The minimum absolute atomic E-state index is 1.08. The van der Waals surface area contributed by atoms with Crippen molar-refractivity contribution < 1.29 is 0 Å². The third kappa shape index (κ3) is 6.09. The van der Waals surface area contributed by atoms with Gasteiger partial charge < -0.3 is 9.47 Å². The van der Waals surface area contributed by atoms with Gasteiger partial charge in [0.2, 0.25) is 0 Å². The smallest absolute Gasteiger partial charge is 0.0615 e. The standard InChI is InChI=1S/C49H38N2/c1-3-45(49-46(4-2)47-22-14-15-23-48(47)51(49)41-20-12-7-13-21-41)40-28-34-44(35-29-40)50(42-30-24-38(25-31-42)36-16-8-5-9-17-36)43-32-26-39(27-33-43)37-18-10-6-11-19-37/h3-35H,2H2,1H3/b45-3-. The van der Waals surface area contributed by atoms with E-state index in [1.807, 2.05) is 6.08 Å². The van der Waals surface area contributed by atoms with Crippen molar-refractivity contribution in [1.29, 1.82) is 0 Å². The van der Waals surface area contributed by atoms with Gasteiger partial charge in [0.15, 0.2) is 0 Å². The highest BCUT2D eigenvalue weighted by atomic mass is 15.1. The van der Waals surface area contributed by atoms with E-state index < -0.39 is 0 Å². The van der Waals surface area contributed by atoms with E-state index in [2.05, 4.69) is 217 Å². The number of hydrogen-bond donors (Lipinski definition) is 0. The molecule has 8 aromatic rings. The zero-order chi connectivity index (χ0) is 34.6. The fraction of sp³-hybridized carbons (Fsp3) is 0.0204. The minimum Gasteiger partial charge on any atom is -0.311 e. The summed E-state index contributed by atoms with van der Waals surface area (Å²) in [5.41, 5.74) is 14.9. The number of rotatable bonds is 9. The second-order valence-corrected chi connectivity index (χ2v) is 12.6. The maximum atomic E-state index is 4.27. The van der Waals surface area contributed by atoms with Crippen LogP contribution in [0.3, 0.4) is 0 Å². The monoisotopic (exact) mass is 654 g/mol. The quantitative estimate of drug-likeness (QED) is 0.150. The highest BCUT2D eigenvalue weighted by Crippen LogP contribution is 2.40. The number of para-hydroxylation sites is 2. The van der Waals surface area contributed by atoms with Gasteiger partial charge in [-0.15, -0.1) is 0 Å². The molecular weight excluding hydrogens is 617 g/mol. The summed E-state index contributed by atoms with van der Waals surface area (Å²) in [5.74, 6) is 0. The summed E-state index contributed by atoms with van der Waals surface area (Å²) in [6.07, 6.45) is 4.22. The Kier molecular flexibility index (Phi) is 8.72. The molecule has 51 heavy (non-hydrogen) atoms. The summed E-state index contributed by atoms with van der Waals surface area (Å²) < 4.78 is 2.37. The zero-order valence-electron chi connectivity index (χ0n) is 28.7. The molecule has 0 atom stereocenters. The number of benzene rings is 7. The summed E-state index contributed by atoms with van der Waals surface area (Å²) in [7, 11) is 0. The van der Waals surface area contributed by atoms with Gasteiger partial charge in [0.25, 0.3) is 0 Å². The van der Waals surface area contributed by atoms with Crippen LogP contribution in [0.2, 0.25) is 0 Å². The molecule has 0 aliphatic carbocycles. The summed E-state index contributed by atoms with van der Waals surface area (Å²) in [6.45, 7) is 6.39. The average Bonchev–Trinajstić information content (AvgIpc) is 3.54. The Hall–Kier alpha value is -6.64. The maximum Gasteiger partial charge on any atom is 0.0615 e. The van der Waals surface area contributed by atoms with Gasteiger partial charge in [-0.3, -0.25) is 0 Å². The summed E-state index contributed by atoms with van der Waals surface area (Å²) >= 11 is 0. The first-order valence-corrected chi connectivity index (χ1v) is 17.4.